The number of nitrogens with one attached hydrogen (secondary N) is 1. The lowest BCUT2D eigenvalue weighted by molar-refractivity contribution is 0.0698. The second-order valence-electron chi connectivity index (χ2n) is 4.37. The van der Waals surface area contributed by atoms with Gasteiger partial charge in [-0.05, 0) is 37.3 Å². The lowest BCUT2D eigenvalue weighted by Gasteiger charge is -2.10. The van der Waals surface area contributed by atoms with Crippen molar-refractivity contribution in [3.8, 4) is 0 Å². The predicted molar refractivity (Wildman–Crippen MR) is 76.5 cm³/mol. The molecule has 6 heteroatoms. The molecule has 0 saturated carbocycles. The molecule has 0 radical (unpaired) electrons. The minimum Gasteiger partial charge on any atom is -0.478 e. The number of aromatic nitrogens is 1. The van der Waals surface area contributed by atoms with E-state index in [1.807, 2.05) is 13.0 Å². The minimum absolute atomic E-state index is 0.00585. The van der Waals surface area contributed by atoms with Crippen LogP contribution >= 0.6 is 11.6 Å². The largest absolute Gasteiger partial charge is 0.478 e. The predicted octanol–water partition coefficient (Wildman–Crippen LogP) is 2.94. The van der Waals surface area contributed by atoms with Gasteiger partial charge in [0.1, 0.15) is 5.69 Å². The monoisotopic (exact) mass is 292 g/mol. The minimum atomic E-state index is -1.12. The summed E-state index contributed by atoms with van der Waals surface area (Å²) in [6.07, 6.45) is 0. The number of aromatic carboxylic acids is 1. The Morgan fingerprint density at radius 2 is 1.95 bits per heavy atom. The first kappa shape index (κ1) is 14.1. The molecule has 0 aliphatic rings. The van der Waals surface area contributed by atoms with E-state index in [4.69, 9.17) is 16.7 Å². The number of rotatable bonds is 3. The first-order valence-electron chi connectivity index (χ1n) is 5.86. The molecular formula is C14H13ClN2O3. The van der Waals surface area contributed by atoms with Crippen molar-refractivity contribution in [2.45, 2.75) is 6.92 Å². The van der Waals surface area contributed by atoms with Gasteiger partial charge in [0, 0.05) is 17.8 Å². The number of halogens is 1. The van der Waals surface area contributed by atoms with Crippen molar-refractivity contribution in [3.63, 3.8) is 0 Å². The number of amides is 1. The molecule has 0 spiro atoms. The van der Waals surface area contributed by atoms with Crippen molar-refractivity contribution < 1.29 is 14.7 Å². The highest BCUT2D eigenvalue weighted by atomic mass is 35.5. The van der Waals surface area contributed by atoms with Crippen LogP contribution in [-0.2, 0) is 7.05 Å². The Bertz CT molecular complexity index is 692. The van der Waals surface area contributed by atoms with Crippen molar-refractivity contribution in [3.05, 3.63) is 52.3 Å². The molecule has 1 aromatic heterocycles. The number of hydrogen-bond donors (Lipinski definition) is 2. The van der Waals surface area contributed by atoms with Gasteiger partial charge in [0.15, 0.2) is 0 Å². The van der Waals surface area contributed by atoms with Gasteiger partial charge in [0.2, 0.25) is 0 Å². The van der Waals surface area contributed by atoms with Gasteiger partial charge >= 0.3 is 5.97 Å². The van der Waals surface area contributed by atoms with E-state index in [1.54, 1.807) is 17.7 Å². The summed E-state index contributed by atoms with van der Waals surface area (Å²) in [5, 5.41) is 12.0. The average molecular weight is 293 g/mol. The fraction of sp³-hybridized carbons (Fsp3) is 0.143. The van der Waals surface area contributed by atoms with E-state index in [0.29, 0.717) is 10.7 Å². The standard InChI is InChI=1S/C14H13ClN2O3/c1-8-3-6-12(17(8)2)13(18)16-11-7-9(15)4-5-10(11)14(19)20/h3-7H,1-2H3,(H,16,18)(H,19,20). The number of benzene rings is 1. The fourth-order valence-corrected chi connectivity index (χ4v) is 2.01. The van der Waals surface area contributed by atoms with E-state index >= 15 is 0 Å². The van der Waals surface area contributed by atoms with Gasteiger partial charge < -0.3 is 15.0 Å². The Labute approximate surface area is 120 Å². The molecule has 20 heavy (non-hydrogen) atoms. The van der Waals surface area contributed by atoms with E-state index in [9.17, 15) is 9.59 Å². The summed E-state index contributed by atoms with van der Waals surface area (Å²) in [5.41, 5.74) is 1.54. The van der Waals surface area contributed by atoms with Gasteiger partial charge in [0.25, 0.3) is 5.91 Å². The fourth-order valence-electron chi connectivity index (χ4n) is 1.83. The van der Waals surface area contributed by atoms with E-state index in [0.717, 1.165) is 5.69 Å². The molecular weight excluding hydrogens is 280 g/mol. The molecule has 0 fully saturated rings. The van der Waals surface area contributed by atoms with Crippen LogP contribution in [0.5, 0.6) is 0 Å². The van der Waals surface area contributed by atoms with Crippen molar-refractivity contribution in [1.29, 1.82) is 0 Å². The smallest absolute Gasteiger partial charge is 0.337 e. The molecule has 2 aromatic rings. The van der Waals surface area contributed by atoms with E-state index in [2.05, 4.69) is 5.32 Å². The van der Waals surface area contributed by atoms with Gasteiger partial charge in [-0.3, -0.25) is 4.79 Å². The van der Waals surface area contributed by atoms with Gasteiger partial charge in [-0.25, -0.2) is 4.79 Å². The third kappa shape index (κ3) is 2.67. The number of carboxylic acids is 1. The highest BCUT2D eigenvalue weighted by Gasteiger charge is 2.16. The summed E-state index contributed by atoms with van der Waals surface area (Å²) in [7, 11) is 1.76. The molecule has 0 aliphatic carbocycles. The highest BCUT2D eigenvalue weighted by molar-refractivity contribution is 6.31. The third-order valence-electron chi connectivity index (χ3n) is 3.07. The van der Waals surface area contributed by atoms with Crippen molar-refractivity contribution >= 4 is 29.2 Å². The van der Waals surface area contributed by atoms with Crippen LogP contribution < -0.4 is 5.32 Å². The normalized spacial score (nSPS) is 10.3. The van der Waals surface area contributed by atoms with Gasteiger partial charge in [-0.2, -0.15) is 0 Å². The molecule has 0 atom stereocenters. The molecule has 0 saturated heterocycles. The Kier molecular flexibility index (Phi) is 3.81. The highest BCUT2D eigenvalue weighted by Crippen LogP contribution is 2.22. The van der Waals surface area contributed by atoms with Gasteiger partial charge in [-0.1, -0.05) is 11.6 Å². The van der Waals surface area contributed by atoms with Crippen LogP contribution in [0.25, 0.3) is 0 Å². The van der Waals surface area contributed by atoms with Crippen molar-refractivity contribution in [1.82, 2.24) is 4.57 Å². The zero-order valence-electron chi connectivity index (χ0n) is 11.0. The van der Waals surface area contributed by atoms with Crippen LogP contribution in [-0.4, -0.2) is 21.6 Å². The van der Waals surface area contributed by atoms with Crippen LogP contribution in [0.4, 0.5) is 5.69 Å². The summed E-state index contributed by atoms with van der Waals surface area (Å²) in [6.45, 7) is 1.87. The number of nitrogens with zero attached hydrogens (tertiary/aromatic N) is 1. The lowest BCUT2D eigenvalue weighted by Crippen LogP contribution is -2.18. The summed E-state index contributed by atoms with van der Waals surface area (Å²) in [6, 6.07) is 7.73. The van der Waals surface area contributed by atoms with Crippen molar-refractivity contribution in [2.24, 2.45) is 7.05 Å². The second kappa shape index (κ2) is 5.38. The molecule has 2 N–H and O–H groups in total. The molecule has 5 nitrogen and oxygen atoms in total. The Balaban J connectivity index is 2.35. The van der Waals surface area contributed by atoms with Crippen LogP contribution in [0.2, 0.25) is 5.02 Å². The quantitative estimate of drug-likeness (QED) is 0.913. The first-order valence-corrected chi connectivity index (χ1v) is 6.24. The van der Waals surface area contributed by atoms with Crippen LogP contribution in [0, 0.1) is 6.92 Å². The maximum absolute atomic E-state index is 12.2. The van der Waals surface area contributed by atoms with Crippen LogP contribution in [0.3, 0.4) is 0 Å². The van der Waals surface area contributed by atoms with Gasteiger partial charge in [0.05, 0.1) is 11.3 Å². The molecule has 0 unspecified atom stereocenters. The second-order valence-corrected chi connectivity index (χ2v) is 4.80. The molecule has 1 aromatic carbocycles. The molecule has 1 heterocycles. The lowest BCUT2D eigenvalue weighted by atomic mass is 10.1. The zero-order chi connectivity index (χ0) is 14.9. The summed E-state index contributed by atoms with van der Waals surface area (Å²) in [5.74, 6) is -1.51. The SMILES string of the molecule is Cc1ccc(C(=O)Nc2cc(Cl)ccc2C(=O)O)n1C. The number of hydrogen-bond acceptors (Lipinski definition) is 2. The van der Waals surface area contributed by atoms with Crippen molar-refractivity contribution in [2.75, 3.05) is 5.32 Å². The molecule has 0 aliphatic heterocycles. The first-order chi connectivity index (χ1) is 9.40. The summed E-state index contributed by atoms with van der Waals surface area (Å²) >= 11 is 5.84. The maximum atomic E-state index is 12.2. The number of carbonyl (C=O) groups excluding carboxylic acids is 1. The van der Waals surface area contributed by atoms with Crippen LogP contribution in [0.15, 0.2) is 30.3 Å². The molecule has 104 valence electrons. The molecule has 0 bridgehead atoms. The summed E-state index contributed by atoms with van der Waals surface area (Å²) < 4.78 is 1.72. The summed E-state index contributed by atoms with van der Waals surface area (Å²) in [4.78, 5) is 23.3. The molecule has 2 rings (SSSR count). The average Bonchev–Trinajstić information content (AvgIpc) is 2.69. The number of carboxylic acid groups (broad SMARTS) is 1. The topological polar surface area (TPSA) is 71.3 Å². The Morgan fingerprint density at radius 1 is 1.25 bits per heavy atom. The maximum Gasteiger partial charge on any atom is 0.337 e. The Morgan fingerprint density at radius 3 is 2.50 bits per heavy atom. The van der Waals surface area contributed by atoms with Gasteiger partial charge in [-0.15, -0.1) is 0 Å². The zero-order valence-corrected chi connectivity index (χ0v) is 11.7. The third-order valence-corrected chi connectivity index (χ3v) is 3.30. The number of aryl methyl sites for hydroxylation is 1. The number of carbonyl (C=O) groups is 2. The van der Waals surface area contributed by atoms with E-state index < -0.39 is 5.97 Å². The van der Waals surface area contributed by atoms with E-state index in [1.165, 1.54) is 18.2 Å². The van der Waals surface area contributed by atoms with E-state index in [-0.39, 0.29) is 17.2 Å². The number of anilines is 1. The molecule has 1 amide bonds. The Hall–Kier alpha value is -2.27. The van der Waals surface area contributed by atoms with Crippen LogP contribution in [0.1, 0.15) is 26.5 Å².